The first-order valence-electron chi connectivity index (χ1n) is 7.87. The van der Waals surface area contributed by atoms with Crippen LogP contribution in [0.5, 0.6) is 0 Å². The second-order valence-electron chi connectivity index (χ2n) is 5.91. The van der Waals surface area contributed by atoms with Gasteiger partial charge in [0.15, 0.2) is 24.6 Å². The van der Waals surface area contributed by atoms with Gasteiger partial charge in [0.25, 0.3) is 0 Å². The summed E-state index contributed by atoms with van der Waals surface area (Å²) in [6.07, 6.45) is 0. The van der Waals surface area contributed by atoms with Crippen molar-refractivity contribution in [2.75, 3.05) is 0 Å². The summed E-state index contributed by atoms with van der Waals surface area (Å²) in [7, 11) is -2.47. The molecule has 0 amide bonds. The van der Waals surface area contributed by atoms with Crippen LogP contribution in [0.2, 0.25) is 0 Å². The summed E-state index contributed by atoms with van der Waals surface area (Å²) in [6.45, 7) is 4.33. The van der Waals surface area contributed by atoms with Crippen LogP contribution < -0.4 is 0 Å². The lowest BCUT2D eigenvalue weighted by atomic mass is 10.0. The van der Waals surface area contributed by atoms with Crippen LogP contribution in [0.25, 0.3) is 0 Å². The maximum absolute atomic E-state index is 14.1. The Morgan fingerprint density at radius 3 is 1.39 bits per heavy atom. The van der Waals surface area contributed by atoms with E-state index in [9.17, 15) is 4.21 Å². The van der Waals surface area contributed by atoms with E-state index in [1.807, 2.05) is 72.8 Å². The summed E-state index contributed by atoms with van der Waals surface area (Å²) >= 11 is 0. The Hall–Kier alpha value is -2.19. The highest BCUT2D eigenvalue weighted by molar-refractivity contribution is 8.03. The molecule has 0 aromatic heterocycles. The SMILES string of the molecule is CC(C)c1ccc([S+](=O)(c2ccccc2)c2ccccc2)cc1. The van der Waals surface area contributed by atoms with Gasteiger partial charge >= 0.3 is 0 Å². The van der Waals surface area contributed by atoms with E-state index < -0.39 is 9.93 Å². The summed E-state index contributed by atoms with van der Waals surface area (Å²) in [5, 5.41) is 0. The molecule has 0 fully saturated rings. The lowest BCUT2D eigenvalue weighted by molar-refractivity contribution is 0.584. The van der Waals surface area contributed by atoms with Crippen molar-refractivity contribution in [1.29, 1.82) is 0 Å². The molecule has 0 saturated heterocycles. The molecule has 0 radical (unpaired) electrons. The smallest absolute Gasteiger partial charge is 0.0875 e. The van der Waals surface area contributed by atoms with Gasteiger partial charge in [-0.25, -0.2) is 0 Å². The third kappa shape index (κ3) is 2.99. The topological polar surface area (TPSA) is 17.1 Å². The zero-order chi connectivity index (χ0) is 16.3. The largest absolute Gasteiger partial charge is 0.182 e. The van der Waals surface area contributed by atoms with Crippen molar-refractivity contribution in [3.63, 3.8) is 0 Å². The second-order valence-corrected chi connectivity index (χ2v) is 8.43. The van der Waals surface area contributed by atoms with E-state index in [-0.39, 0.29) is 0 Å². The molecule has 3 aromatic carbocycles. The predicted molar refractivity (Wildman–Crippen MR) is 96.3 cm³/mol. The second kappa shape index (κ2) is 6.51. The molecule has 0 N–H and O–H groups in total. The van der Waals surface area contributed by atoms with Gasteiger partial charge in [-0.15, -0.1) is 0 Å². The molecule has 0 spiro atoms. The highest BCUT2D eigenvalue weighted by Gasteiger charge is 2.37. The zero-order valence-electron chi connectivity index (χ0n) is 13.5. The average Bonchev–Trinajstić information content (AvgIpc) is 2.62. The number of rotatable bonds is 4. The summed E-state index contributed by atoms with van der Waals surface area (Å²) in [4.78, 5) is 2.56. The number of hydrogen-bond donors (Lipinski definition) is 0. The van der Waals surface area contributed by atoms with Crippen LogP contribution in [0.15, 0.2) is 99.6 Å². The Morgan fingerprint density at radius 1 is 0.609 bits per heavy atom. The highest BCUT2D eigenvalue weighted by Crippen LogP contribution is 2.36. The Labute approximate surface area is 139 Å². The molecule has 0 saturated carbocycles. The molecule has 3 aromatic rings. The standard InChI is InChI=1S/C21H21OS/c1-17(2)18-13-15-21(16-14-18)23(22,19-9-5-3-6-10-19)20-11-7-4-8-12-20/h3-17H,1-2H3/q+1. The van der Waals surface area contributed by atoms with Crippen LogP contribution >= 0.6 is 0 Å². The summed E-state index contributed by atoms with van der Waals surface area (Å²) in [5.74, 6) is 0.466. The Kier molecular flexibility index (Phi) is 4.44. The van der Waals surface area contributed by atoms with E-state index >= 15 is 0 Å². The van der Waals surface area contributed by atoms with E-state index in [2.05, 4.69) is 26.0 Å². The van der Waals surface area contributed by atoms with Crippen LogP contribution in [0.1, 0.15) is 25.3 Å². The highest BCUT2D eigenvalue weighted by atomic mass is 32.2. The molecular weight excluding hydrogens is 300 g/mol. The maximum Gasteiger partial charge on any atom is 0.182 e. The summed E-state index contributed by atoms with van der Waals surface area (Å²) in [6, 6.07) is 27.7. The van der Waals surface area contributed by atoms with E-state index in [4.69, 9.17) is 0 Å². The fourth-order valence-electron chi connectivity index (χ4n) is 2.68. The van der Waals surface area contributed by atoms with E-state index in [1.54, 1.807) is 0 Å². The minimum Gasteiger partial charge on any atom is -0.0875 e. The molecule has 23 heavy (non-hydrogen) atoms. The molecule has 0 aliphatic rings. The van der Waals surface area contributed by atoms with Gasteiger partial charge in [0.05, 0.1) is 0 Å². The van der Waals surface area contributed by atoms with Gasteiger partial charge in [0.2, 0.25) is 0 Å². The van der Waals surface area contributed by atoms with Gasteiger partial charge in [-0.2, -0.15) is 0 Å². The third-order valence-electron chi connectivity index (χ3n) is 4.03. The van der Waals surface area contributed by atoms with Gasteiger partial charge in [0.1, 0.15) is 0 Å². The molecule has 1 nitrogen and oxygen atoms in total. The molecule has 3 rings (SSSR count). The van der Waals surface area contributed by atoms with Gasteiger partial charge in [-0.1, -0.05) is 66.6 Å². The molecule has 116 valence electrons. The van der Waals surface area contributed by atoms with Crippen molar-refractivity contribution in [2.45, 2.75) is 34.5 Å². The van der Waals surface area contributed by atoms with E-state index in [1.165, 1.54) is 5.56 Å². The maximum atomic E-state index is 14.1. The first-order valence-corrected chi connectivity index (χ1v) is 9.42. The monoisotopic (exact) mass is 321 g/mol. The molecular formula is C21H21OS+. The predicted octanol–water partition coefficient (Wildman–Crippen LogP) is 5.79. The molecule has 0 bridgehead atoms. The Morgan fingerprint density at radius 2 is 1.00 bits per heavy atom. The Balaban J connectivity index is 2.19. The minimum absolute atomic E-state index is 0.466. The molecule has 0 heterocycles. The van der Waals surface area contributed by atoms with Gasteiger partial charge in [0, 0.05) is 0 Å². The minimum atomic E-state index is -2.47. The van der Waals surface area contributed by atoms with Crippen molar-refractivity contribution in [2.24, 2.45) is 0 Å². The van der Waals surface area contributed by atoms with Crippen LogP contribution in [0.4, 0.5) is 0 Å². The van der Waals surface area contributed by atoms with Gasteiger partial charge < -0.3 is 0 Å². The van der Waals surface area contributed by atoms with Crippen molar-refractivity contribution in [1.82, 2.24) is 0 Å². The summed E-state index contributed by atoms with van der Waals surface area (Å²) in [5.41, 5.74) is 1.26. The lowest BCUT2D eigenvalue weighted by Gasteiger charge is -2.13. The number of hydrogen-bond acceptors (Lipinski definition) is 1. The van der Waals surface area contributed by atoms with Crippen LogP contribution in [0, 0.1) is 0 Å². The van der Waals surface area contributed by atoms with Crippen LogP contribution in [0.3, 0.4) is 0 Å². The average molecular weight is 321 g/mol. The molecule has 0 aliphatic carbocycles. The normalized spacial score (nSPS) is 11.6. The Bertz CT molecular complexity index is 762. The molecule has 2 heteroatoms. The molecule has 0 unspecified atom stereocenters. The number of benzene rings is 3. The van der Waals surface area contributed by atoms with E-state index in [0.29, 0.717) is 5.92 Å². The van der Waals surface area contributed by atoms with Crippen LogP contribution in [-0.2, 0) is 14.1 Å². The quantitative estimate of drug-likeness (QED) is 0.556. The fraction of sp³-hybridized carbons (Fsp3) is 0.143. The van der Waals surface area contributed by atoms with Crippen molar-refractivity contribution >= 4 is 9.93 Å². The first-order chi connectivity index (χ1) is 11.1. The zero-order valence-corrected chi connectivity index (χ0v) is 14.3. The van der Waals surface area contributed by atoms with Gasteiger partial charge in [-0.3, -0.25) is 0 Å². The van der Waals surface area contributed by atoms with Gasteiger partial charge in [-0.05, 0) is 47.9 Å². The lowest BCUT2D eigenvalue weighted by Crippen LogP contribution is -2.12. The van der Waals surface area contributed by atoms with Crippen molar-refractivity contribution in [3.05, 3.63) is 90.5 Å². The van der Waals surface area contributed by atoms with Crippen LogP contribution in [-0.4, -0.2) is 0 Å². The summed E-state index contributed by atoms with van der Waals surface area (Å²) < 4.78 is 14.1. The first kappa shape index (κ1) is 15.7. The molecule has 0 aliphatic heterocycles. The van der Waals surface area contributed by atoms with E-state index in [0.717, 1.165) is 14.7 Å². The fourth-order valence-corrected chi connectivity index (χ4v) is 5.09. The van der Waals surface area contributed by atoms with Crippen molar-refractivity contribution < 1.29 is 4.21 Å². The molecule has 0 atom stereocenters. The van der Waals surface area contributed by atoms with Crippen molar-refractivity contribution in [3.8, 4) is 0 Å². The third-order valence-corrected chi connectivity index (χ3v) is 6.84.